The third kappa shape index (κ3) is 51.1. The van der Waals surface area contributed by atoms with Crippen LogP contribution >= 0.6 is 0 Å². The van der Waals surface area contributed by atoms with E-state index in [2.05, 4.69) is 118 Å². The summed E-state index contributed by atoms with van der Waals surface area (Å²) in [5.41, 5.74) is 0. The molecular weight excluding hydrogens is 817 g/mol. The van der Waals surface area contributed by atoms with E-state index in [-0.39, 0.29) is 38.0 Å². The average molecular weight is 915 g/mol. The molecule has 0 fully saturated rings. The second-order valence-corrected chi connectivity index (χ2v) is 17.4. The zero-order valence-electron chi connectivity index (χ0n) is 42.7. The fourth-order valence-corrected chi connectivity index (χ4v) is 7.01. The molecule has 1 unspecified atom stereocenters. The number of hydrogen-bond acceptors (Lipinski definition) is 6. The molecule has 1 atom stereocenters. The minimum absolute atomic E-state index is 0.125. The molecule has 6 heteroatoms. The Morgan fingerprint density at radius 1 is 0.318 bits per heavy atom. The number of hydrogen-bond donors (Lipinski definition) is 0. The van der Waals surface area contributed by atoms with Crippen molar-refractivity contribution in [3.8, 4) is 0 Å². The Bertz CT molecular complexity index is 1370. The first-order chi connectivity index (χ1) is 32.5. The summed E-state index contributed by atoms with van der Waals surface area (Å²) in [6, 6.07) is 0. The molecule has 0 aromatic rings. The Morgan fingerprint density at radius 2 is 0.636 bits per heavy atom. The Morgan fingerprint density at radius 3 is 1.05 bits per heavy atom. The SMILES string of the molecule is CC/C=C\C/C=C\C/C=C\C/C=C\C/C=C\CCC(=O)OC(COC(=O)CCC/C=C\C/C=C\C/C=C\C/C=C\CCCCC)COC(=O)CCCCCCCCCCCCCCCCC. The van der Waals surface area contributed by atoms with Gasteiger partial charge in [-0.15, -0.1) is 0 Å². The van der Waals surface area contributed by atoms with Crippen LogP contribution in [0.25, 0.3) is 0 Å². The van der Waals surface area contributed by atoms with Gasteiger partial charge in [0.2, 0.25) is 0 Å². The summed E-state index contributed by atoms with van der Waals surface area (Å²) in [6.45, 7) is 6.38. The minimum Gasteiger partial charge on any atom is -0.462 e. The summed E-state index contributed by atoms with van der Waals surface area (Å²) in [5, 5.41) is 0. The van der Waals surface area contributed by atoms with Crippen LogP contribution in [0.15, 0.2) is 109 Å². The van der Waals surface area contributed by atoms with Crippen molar-refractivity contribution in [3.05, 3.63) is 109 Å². The zero-order valence-corrected chi connectivity index (χ0v) is 42.7. The number of carbonyl (C=O) groups is 3. The first-order valence-electron chi connectivity index (χ1n) is 26.9. The van der Waals surface area contributed by atoms with Crippen LogP contribution in [0.2, 0.25) is 0 Å². The molecule has 0 radical (unpaired) electrons. The second-order valence-electron chi connectivity index (χ2n) is 17.4. The normalized spacial score (nSPS) is 13.0. The molecule has 0 saturated heterocycles. The Balaban J connectivity index is 4.58. The lowest BCUT2D eigenvalue weighted by molar-refractivity contribution is -0.166. The minimum atomic E-state index is -0.839. The van der Waals surface area contributed by atoms with Crippen LogP contribution in [-0.2, 0) is 28.6 Å². The molecule has 0 heterocycles. The van der Waals surface area contributed by atoms with Crippen LogP contribution in [0.5, 0.6) is 0 Å². The Labute approximate surface area is 406 Å². The lowest BCUT2D eigenvalue weighted by atomic mass is 10.0. The lowest BCUT2D eigenvalue weighted by Crippen LogP contribution is -2.30. The molecular formula is C60H98O6. The van der Waals surface area contributed by atoms with E-state index in [1.54, 1.807) is 0 Å². The van der Waals surface area contributed by atoms with E-state index in [4.69, 9.17) is 14.2 Å². The molecule has 0 N–H and O–H groups in total. The summed E-state index contributed by atoms with van der Waals surface area (Å²) in [6.07, 6.45) is 72.3. The molecule has 0 spiro atoms. The van der Waals surface area contributed by atoms with Crippen LogP contribution in [-0.4, -0.2) is 37.2 Å². The van der Waals surface area contributed by atoms with Crippen molar-refractivity contribution in [1.82, 2.24) is 0 Å². The maximum Gasteiger partial charge on any atom is 0.306 e. The molecule has 374 valence electrons. The van der Waals surface area contributed by atoms with E-state index < -0.39 is 12.1 Å². The highest BCUT2D eigenvalue weighted by molar-refractivity contribution is 5.71. The highest BCUT2D eigenvalue weighted by atomic mass is 16.6. The topological polar surface area (TPSA) is 78.9 Å². The number of rotatable bonds is 47. The van der Waals surface area contributed by atoms with E-state index in [0.29, 0.717) is 19.3 Å². The van der Waals surface area contributed by atoms with Gasteiger partial charge in [0.15, 0.2) is 6.10 Å². The lowest BCUT2D eigenvalue weighted by Gasteiger charge is -2.18. The predicted molar refractivity (Wildman–Crippen MR) is 283 cm³/mol. The van der Waals surface area contributed by atoms with Gasteiger partial charge in [-0.05, 0) is 89.9 Å². The molecule has 0 rings (SSSR count). The van der Waals surface area contributed by atoms with Gasteiger partial charge in [-0.25, -0.2) is 0 Å². The maximum atomic E-state index is 12.8. The smallest absolute Gasteiger partial charge is 0.306 e. The van der Waals surface area contributed by atoms with E-state index in [1.807, 2.05) is 12.2 Å². The molecule has 66 heavy (non-hydrogen) atoms. The molecule has 0 aliphatic carbocycles. The molecule has 0 aliphatic rings. The van der Waals surface area contributed by atoms with E-state index in [9.17, 15) is 14.4 Å². The quantitative estimate of drug-likeness (QED) is 0.0262. The highest BCUT2D eigenvalue weighted by Gasteiger charge is 2.19. The number of esters is 3. The van der Waals surface area contributed by atoms with E-state index in [0.717, 1.165) is 77.0 Å². The second kappa shape index (κ2) is 53.7. The standard InChI is InChI=1S/C60H98O6/c1-4-7-10-13-16-19-22-25-28-30-33-35-38-41-44-47-50-53-59(62)65-56-57(55-64-58(61)52-49-46-43-40-37-34-31-27-24-21-18-15-12-9-6-3)66-60(63)54-51-48-45-42-39-36-32-29-26-23-20-17-14-11-8-5-2/h8,11,16-17,19-20,25-26,28-29,33,35-36,39,41,44-45,48,57H,4-7,9-10,12-15,18,21-24,27,30-32,34,37-38,40,42-43,46-47,49-56H2,1-3H3/b11-8-,19-16-,20-17-,28-25-,29-26-,35-33-,39-36-,44-41-,48-45-. The van der Waals surface area contributed by atoms with Crippen molar-refractivity contribution in [3.63, 3.8) is 0 Å². The van der Waals surface area contributed by atoms with Gasteiger partial charge >= 0.3 is 17.9 Å². The summed E-state index contributed by atoms with van der Waals surface area (Å²) in [7, 11) is 0. The monoisotopic (exact) mass is 915 g/mol. The number of allylic oxidation sites excluding steroid dienone is 18. The van der Waals surface area contributed by atoms with Gasteiger partial charge < -0.3 is 14.2 Å². The van der Waals surface area contributed by atoms with Crippen molar-refractivity contribution in [2.75, 3.05) is 13.2 Å². The van der Waals surface area contributed by atoms with Gasteiger partial charge in [0.25, 0.3) is 0 Å². The third-order valence-corrected chi connectivity index (χ3v) is 11.0. The highest BCUT2D eigenvalue weighted by Crippen LogP contribution is 2.14. The van der Waals surface area contributed by atoms with Crippen LogP contribution in [0.3, 0.4) is 0 Å². The van der Waals surface area contributed by atoms with Crippen molar-refractivity contribution in [2.24, 2.45) is 0 Å². The Hall–Kier alpha value is -3.93. The molecule has 0 amide bonds. The first kappa shape index (κ1) is 62.1. The summed E-state index contributed by atoms with van der Waals surface area (Å²) in [5.74, 6) is -1.07. The number of unbranched alkanes of at least 4 members (excludes halogenated alkanes) is 18. The van der Waals surface area contributed by atoms with Crippen LogP contribution in [0.1, 0.15) is 233 Å². The van der Waals surface area contributed by atoms with Gasteiger partial charge in [0.05, 0.1) is 0 Å². The summed E-state index contributed by atoms with van der Waals surface area (Å²) >= 11 is 0. The van der Waals surface area contributed by atoms with Crippen molar-refractivity contribution >= 4 is 17.9 Å². The van der Waals surface area contributed by atoms with Gasteiger partial charge in [-0.2, -0.15) is 0 Å². The van der Waals surface area contributed by atoms with Crippen LogP contribution in [0, 0.1) is 0 Å². The van der Waals surface area contributed by atoms with Crippen molar-refractivity contribution < 1.29 is 28.6 Å². The number of carbonyl (C=O) groups excluding carboxylic acids is 3. The van der Waals surface area contributed by atoms with E-state index >= 15 is 0 Å². The van der Waals surface area contributed by atoms with Gasteiger partial charge in [-0.3, -0.25) is 14.4 Å². The Kier molecular flexibility index (Phi) is 50.5. The van der Waals surface area contributed by atoms with Gasteiger partial charge in [-0.1, -0.05) is 233 Å². The summed E-state index contributed by atoms with van der Waals surface area (Å²) in [4.78, 5) is 38.0. The molecule has 0 aromatic heterocycles. The van der Waals surface area contributed by atoms with Gasteiger partial charge in [0.1, 0.15) is 13.2 Å². The summed E-state index contributed by atoms with van der Waals surface area (Å²) < 4.78 is 16.7. The maximum absolute atomic E-state index is 12.8. The fraction of sp³-hybridized carbons (Fsp3) is 0.650. The third-order valence-electron chi connectivity index (χ3n) is 11.0. The van der Waals surface area contributed by atoms with E-state index in [1.165, 1.54) is 103 Å². The molecule has 0 aliphatic heterocycles. The average Bonchev–Trinajstić information content (AvgIpc) is 3.31. The zero-order chi connectivity index (χ0) is 47.9. The van der Waals surface area contributed by atoms with Gasteiger partial charge in [0, 0.05) is 19.3 Å². The largest absolute Gasteiger partial charge is 0.462 e. The molecule has 0 bridgehead atoms. The number of ether oxygens (including phenoxy) is 3. The predicted octanol–water partition coefficient (Wildman–Crippen LogP) is 17.9. The van der Waals surface area contributed by atoms with Crippen LogP contribution < -0.4 is 0 Å². The van der Waals surface area contributed by atoms with Crippen molar-refractivity contribution in [2.45, 2.75) is 239 Å². The van der Waals surface area contributed by atoms with Crippen molar-refractivity contribution in [1.29, 1.82) is 0 Å². The molecule has 0 saturated carbocycles. The molecule has 6 nitrogen and oxygen atoms in total. The molecule has 0 aromatic carbocycles. The van der Waals surface area contributed by atoms with Crippen LogP contribution in [0.4, 0.5) is 0 Å². The first-order valence-corrected chi connectivity index (χ1v) is 26.9. The fourth-order valence-electron chi connectivity index (χ4n) is 7.01.